The van der Waals surface area contributed by atoms with Gasteiger partial charge in [0, 0.05) is 23.8 Å². The number of ether oxygens (including phenoxy) is 1. The first kappa shape index (κ1) is 17.0. The van der Waals surface area contributed by atoms with Gasteiger partial charge in [0.25, 0.3) is 0 Å². The number of benzene rings is 1. The Morgan fingerprint density at radius 2 is 1.91 bits per heavy atom. The molecule has 3 aromatic rings. The number of aromatic nitrogens is 2. The molecule has 2 aromatic heterocycles. The maximum Gasteiger partial charge on any atom is 0.244 e. The molecule has 0 unspecified atom stereocenters. The van der Waals surface area contributed by atoms with Crippen molar-refractivity contribution in [1.82, 2.24) is 9.55 Å². The van der Waals surface area contributed by atoms with E-state index in [1.54, 1.807) is 18.3 Å². The van der Waals surface area contributed by atoms with Crippen molar-refractivity contribution in [3.8, 4) is 11.6 Å². The number of halogens is 2. The van der Waals surface area contributed by atoms with Gasteiger partial charge in [-0.2, -0.15) is 0 Å². The first-order valence-electron chi connectivity index (χ1n) is 7.10. The minimum absolute atomic E-state index is 0. The second-order valence-electron chi connectivity index (χ2n) is 5.18. The molecule has 0 aliphatic rings. The first-order valence-corrected chi connectivity index (χ1v) is 7.10. The van der Waals surface area contributed by atoms with E-state index in [4.69, 9.17) is 4.74 Å². The van der Waals surface area contributed by atoms with Crippen molar-refractivity contribution in [3.05, 3.63) is 66.3 Å². The summed E-state index contributed by atoms with van der Waals surface area (Å²) in [7, 11) is 0. The second kappa shape index (κ2) is 6.84. The van der Waals surface area contributed by atoms with Gasteiger partial charge in [0.15, 0.2) is 0 Å². The molecule has 120 valence electrons. The molecule has 0 saturated carbocycles. The van der Waals surface area contributed by atoms with Crippen LogP contribution < -0.4 is 4.74 Å². The maximum absolute atomic E-state index is 13.0. The fourth-order valence-electron chi connectivity index (χ4n) is 2.61. The van der Waals surface area contributed by atoms with E-state index in [9.17, 15) is 4.39 Å². The lowest BCUT2D eigenvalue weighted by Gasteiger charge is -2.10. The van der Waals surface area contributed by atoms with E-state index in [-0.39, 0.29) is 18.2 Å². The predicted molar refractivity (Wildman–Crippen MR) is 93.1 cm³/mol. The Kier molecular flexibility index (Phi) is 5.06. The van der Waals surface area contributed by atoms with Crippen molar-refractivity contribution in [2.45, 2.75) is 20.4 Å². The molecular weight excluding hydrogens is 315 g/mol. The molecule has 0 aliphatic heterocycles. The van der Waals surface area contributed by atoms with Gasteiger partial charge in [-0.3, -0.25) is 0 Å². The Balaban J connectivity index is 0.00000192. The fourth-order valence-corrected chi connectivity index (χ4v) is 2.61. The minimum Gasteiger partial charge on any atom is -0.437 e. The van der Waals surface area contributed by atoms with Crippen LogP contribution in [-0.2, 0) is 6.54 Å². The number of nitrogens with zero attached hydrogens (tertiary/aromatic N) is 2. The lowest BCUT2D eigenvalue weighted by Crippen LogP contribution is -2.00. The minimum atomic E-state index is -0.291. The quantitative estimate of drug-likeness (QED) is 0.614. The van der Waals surface area contributed by atoms with Gasteiger partial charge >= 0.3 is 0 Å². The van der Waals surface area contributed by atoms with Gasteiger partial charge in [-0.1, -0.05) is 6.08 Å². The largest absolute Gasteiger partial charge is 0.437 e. The summed E-state index contributed by atoms with van der Waals surface area (Å²) >= 11 is 0. The van der Waals surface area contributed by atoms with Gasteiger partial charge < -0.3 is 9.30 Å². The topological polar surface area (TPSA) is 27.1 Å². The summed E-state index contributed by atoms with van der Waals surface area (Å²) in [6.07, 6.45) is 3.58. The van der Waals surface area contributed by atoms with Gasteiger partial charge in [0.1, 0.15) is 17.1 Å². The van der Waals surface area contributed by atoms with Crippen LogP contribution in [0, 0.1) is 19.7 Å². The summed E-state index contributed by atoms with van der Waals surface area (Å²) in [4.78, 5) is 4.35. The van der Waals surface area contributed by atoms with Crippen LogP contribution in [0.5, 0.6) is 11.6 Å². The Labute approximate surface area is 140 Å². The van der Waals surface area contributed by atoms with E-state index in [2.05, 4.69) is 30.0 Å². The number of fused-ring (bicyclic) bond motifs is 1. The molecule has 0 aliphatic carbocycles. The number of aryl methyl sites for hydroxylation is 1. The molecule has 3 nitrogen and oxygen atoms in total. The molecule has 0 atom stereocenters. The van der Waals surface area contributed by atoms with Crippen LogP contribution in [0.4, 0.5) is 4.39 Å². The van der Waals surface area contributed by atoms with Gasteiger partial charge in [0.05, 0.1) is 0 Å². The zero-order valence-electron chi connectivity index (χ0n) is 13.0. The average molecular weight is 333 g/mol. The van der Waals surface area contributed by atoms with E-state index in [0.717, 1.165) is 16.6 Å². The molecule has 5 heteroatoms. The van der Waals surface area contributed by atoms with Crippen LogP contribution in [0.3, 0.4) is 0 Å². The standard InChI is InChI=1S/C18H17FN2O.ClH/c1-4-11-21-13(3)12(2)16-9-10-20-18(17(16)21)22-15-7-5-14(19)6-8-15;/h4-10H,1,11H2,2-3H3;1H. The van der Waals surface area contributed by atoms with Crippen LogP contribution in [-0.4, -0.2) is 9.55 Å². The summed E-state index contributed by atoms with van der Waals surface area (Å²) in [6.45, 7) is 8.65. The van der Waals surface area contributed by atoms with Crippen molar-refractivity contribution >= 4 is 23.3 Å². The van der Waals surface area contributed by atoms with Crippen molar-refractivity contribution in [2.24, 2.45) is 0 Å². The average Bonchev–Trinajstić information content (AvgIpc) is 2.76. The van der Waals surface area contributed by atoms with Gasteiger partial charge in [-0.15, -0.1) is 19.0 Å². The number of hydrogen-bond acceptors (Lipinski definition) is 2. The lowest BCUT2D eigenvalue weighted by molar-refractivity contribution is 0.464. The highest BCUT2D eigenvalue weighted by atomic mass is 35.5. The fraction of sp³-hybridized carbons (Fsp3) is 0.167. The van der Waals surface area contributed by atoms with E-state index in [1.807, 2.05) is 12.1 Å². The highest BCUT2D eigenvalue weighted by molar-refractivity contribution is 5.89. The van der Waals surface area contributed by atoms with Gasteiger partial charge in [-0.25, -0.2) is 9.37 Å². The highest BCUT2D eigenvalue weighted by Gasteiger charge is 2.16. The van der Waals surface area contributed by atoms with Crippen molar-refractivity contribution in [1.29, 1.82) is 0 Å². The van der Waals surface area contributed by atoms with Crippen LogP contribution in [0.2, 0.25) is 0 Å². The number of pyridine rings is 1. The molecule has 0 spiro atoms. The summed E-state index contributed by atoms with van der Waals surface area (Å²) in [5.74, 6) is 0.783. The molecule has 3 rings (SSSR count). The summed E-state index contributed by atoms with van der Waals surface area (Å²) in [6, 6.07) is 7.91. The zero-order valence-corrected chi connectivity index (χ0v) is 13.9. The Bertz CT molecular complexity index is 840. The molecule has 2 heterocycles. The van der Waals surface area contributed by atoms with Crippen LogP contribution in [0.1, 0.15) is 11.3 Å². The molecule has 0 saturated heterocycles. The highest BCUT2D eigenvalue weighted by Crippen LogP contribution is 2.33. The normalized spacial score (nSPS) is 10.4. The summed E-state index contributed by atoms with van der Waals surface area (Å²) < 4.78 is 21.0. The van der Waals surface area contributed by atoms with E-state index in [1.165, 1.54) is 17.7 Å². The van der Waals surface area contributed by atoms with Gasteiger partial charge in [-0.05, 0) is 49.7 Å². The third-order valence-electron chi connectivity index (χ3n) is 3.85. The van der Waals surface area contributed by atoms with E-state index in [0.29, 0.717) is 18.2 Å². The Hall–Kier alpha value is -2.33. The monoisotopic (exact) mass is 332 g/mol. The summed E-state index contributed by atoms with van der Waals surface area (Å²) in [5, 5.41) is 1.10. The summed E-state index contributed by atoms with van der Waals surface area (Å²) in [5.41, 5.74) is 3.29. The van der Waals surface area contributed by atoms with Gasteiger partial charge in [0.2, 0.25) is 5.88 Å². The Morgan fingerprint density at radius 1 is 1.22 bits per heavy atom. The number of allylic oxidation sites excluding steroid dienone is 1. The van der Waals surface area contributed by atoms with Crippen LogP contribution in [0.25, 0.3) is 10.9 Å². The van der Waals surface area contributed by atoms with E-state index >= 15 is 0 Å². The SMILES string of the molecule is C=CCn1c(C)c(C)c2ccnc(Oc3ccc(F)cc3)c21.Cl. The molecular formula is C18H18ClFN2O. The second-order valence-corrected chi connectivity index (χ2v) is 5.18. The maximum atomic E-state index is 13.0. The molecule has 0 radical (unpaired) electrons. The van der Waals surface area contributed by atoms with E-state index < -0.39 is 0 Å². The zero-order chi connectivity index (χ0) is 15.7. The van der Waals surface area contributed by atoms with Crippen molar-refractivity contribution in [2.75, 3.05) is 0 Å². The lowest BCUT2D eigenvalue weighted by atomic mass is 10.2. The van der Waals surface area contributed by atoms with Crippen molar-refractivity contribution in [3.63, 3.8) is 0 Å². The Morgan fingerprint density at radius 3 is 2.57 bits per heavy atom. The molecule has 0 N–H and O–H groups in total. The third kappa shape index (κ3) is 3.08. The molecule has 23 heavy (non-hydrogen) atoms. The van der Waals surface area contributed by atoms with Crippen molar-refractivity contribution < 1.29 is 9.13 Å². The third-order valence-corrected chi connectivity index (χ3v) is 3.85. The van der Waals surface area contributed by atoms with Crippen LogP contribution in [0.15, 0.2) is 49.2 Å². The molecule has 0 amide bonds. The first-order chi connectivity index (χ1) is 10.6. The predicted octanol–water partition coefficient (Wildman–Crippen LogP) is 5.19. The van der Waals surface area contributed by atoms with Crippen LogP contribution >= 0.6 is 12.4 Å². The molecule has 0 bridgehead atoms. The smallest absolute Gasteiger partial charge is 0.244 e. The number of rotatable bonds is 4. The number of hydrogen-bond donors (Lipinski definition) is 0. The molecule has 1 aromatic carbocycles. The molecule has 0 fully saturated rings.